The predicted molar refractivity (Wildman–Crippen MR) is 468 cm³/mol. The quantitative estimate of drug-likeness (QED) is 0.0944. The number of para-hydroxylation sites is 4. The van der Waals surface area contributed by atoms with E-state index in [1.165, 1.54) is 87.8 Å². The first-order valence-corrected chi connectivity index (χ1v) is 38.2. The third kappa shape index (κ3) is 13.1. The fourth-order valence-corrected chi connectivity index (χ4v) is 15.8. The Morgan fingerprint density at radius 1 is 0.184 bits per heavy atom. The van der Waals surface area contributed by atoms with Gasteiger partial charge in [-0.1, -0.05) is 243 Å². The summed E-state index contributed by atoms with van der Waals surface area (Å²) >= 11 is 0. The fraction of sp³-hybridized carbons (Fsp3) is 0. The zero-order valence-corrected chi connectivity index (χ0v) is 61.8. The average molecular weight is 1460 g/mol. The maximum absolute atomic E-state index is 6.05. The van der Waals surface area contributed by atoms with Crippen LogP contribution in [0.4, 0.5) is 34.1 Å². The molecule has 538 valence electrons. The molecule has 21 rings (SSSR count). The van der Waals surface area contributed by atoms with Crippen LogP contribution in [0.2, 0.25) is 0 Å². The largest absolute Gasteiger partial charge is 0.416 e. The molecule has 0 bridgehead atoms. The van der Waals surface area contributed by atoms with E-state index in [9.17, 15) is 0 Å². The van der Waals surface area contributed by atoms with Crippen LogP contribution in [0.3, 0.4) is 0 Å². The Labute approximate surface area is 658 Å². The third-order valence-electron chi connectivity index (χ3n) is 21.4. The van der Waals surface area contributed by atoms with E-state index in [0.717, 1.165) is 78.9 Å². The van der Waals surface area contributed by atoms with Crippen molar-refractivity contribution in [2.24, 2.45) is 0 Å². The van der Waals surface area contributed by atoms with Gasteiger partial charge in [-0.2, -0.15) is 0 Å². The molecule has 17 aromatic carbocycles. The molecular weight excluding hydrogens is 1390 g/mol. The van der Waals surface area contributed by atoms with Crippen LogP contribution in [-0.2, 0) is 0 Å². The minimum absolute atomic E-state index is 0.487. The second-order valence-electron chi connectivity index (χ2n) is 28.2. The summed E-state index contributed by atoms with van der Waals surface area (Å²) in [5, 5.41) is 24.7. The third-order valence-corrected chi connectivity index (χ3v) is 21.4. The summed E-state index contributed by atoms with van der Waals surface area (Å²) in [5.41, 5.74) is 26.4. The van der Waals surface area contributed by atoms with E-state index in [0.29, 0.717) is 23.6 Å². The lowest BCUT2D eigenvalue weighted by Gasteiger charge is -2.25. The fourth-order valence-electron chi connectivity index (χ4n) is 15.8. The van der Waals surface area contributed by atoms with Gasteiger partial charge in [-0.3, -0.25) is 0 Å². The van der Waals surface area contributed by atoms with Gasteiger partial charge >= 0.3 is 0 Å². The van der Waals surface area contributed by atoms with Crippen molar-refractivity contribution in [2.75, 3.05) is 9.80 Å². The zero-order valence-electron chi connectivity index (χ0n) is 61.8. The van der Waals surface area contributed by atoms with Crippen LogP contribution in [0.15, 0.2) is 433 Å². The van der Waals surface area contributed by atoms with Gasteiger partial charge in [-0.25, -0.2) is 0 Å². The number of benzene rings is 17. The molecule has 0 radical (unpaired) electrons. The molecule has 0 fully saturated rings. The van der Waals surface area contributed by atoms with Gasteiger partial charge in [-0.15, -0.1) is 20.4 Å². The molecule has 4 aromatic heterocycles. The van der Waals surface area contributed by atoms with Crippen LogP contribution < -0.4 is 9.80 Å². The summed E-state index contributed by atoms with van der Waals surface area (Å²) < 4.78 is 16.8. The first kappa shape index (κ1) is 67.8. The van der Waals surface area contributed by atoms with Crippen molar-refractivity contribution >= 4 is 88.5 Å². The predicted octanol–water partition coefficient (Wildman–Crippen LogP) is 27.8. The minimum atomic E-state index is 0.487. The highest BCUT2D eigenvalue weighted by molar-refractivity contribution is 6.12. The van der Waals surface area contributed by atoms with Crippen molar-refractivity contribution in [1.29, 1.82) is 0 Å². The van der Waals surface area contributed by atoms with Gasteiger partial charge in [0.2, 0.25) is 23.6 Å². The van der Waals surface area contributed by atoms with Crippen LogP contribution in [0.25, 0.3) is 156 Å². The van der Waals surface area contributed by atoms with E-state index >= 15 is 0 Å². The SMILES string of the molecule is c1ccc(-c2ccc(-n3c4ccccc4c4cc(-c5ccc(N(c6ccccc6)c6ccc(-c7nnc(-c8ccccc8)o7)cc6)cc5)ccc43)cc2)cc1.c1ccc(-c2nnc(-c3ccc(N(c4ccccc4)c4ccc(-c5ccc6c(c5)c5ccccc5n6-c5ccc(-c6cccc7ccccc67)cc5)cc4)cc3)o2)cc1. The smallest absolute Gasteiger partial charge is 0.248 e. The van der Waals surface area contributed by atoms with E-state index < -0.39 is 0 Å². The van der Waals surface area contributed by atoms with Crippen LogP contribution in [0, 0.1) is 0 Å². The number of hydrogen-bond donors (Lipinski definition) is 0. The monoisotopic (exact) mass is 1460 g/mol. The summed E-state index contributed by atoms with van der Waals surface area (Å²) in [6.07, 6.45) is 0. The van der Waals surface area contributed by atoms with Crippen LogP contribution in [0.5, 0.6) is 0 Å². The molecule has 0 N–H and O–H groups in total. The summed E-state index contributed by atoms with van der Waals surface area (Å²) in [7, 11) is 0. The lowest BCUT2D eigenvalue weighted by atomic mass is 9.98. The van der Waals surface area contributed by atoms with E-state index in [4.69, 9.17) is 8.83 Å². The highest BCUT2D eigenvalue weighted by Gasteiger charge is 2.21. The number of fused-ring (bicyclic) bond motifs is 7. The Kier molecular flexibility index (Phi) is 17.7. The zero-order chi connectivity index (χ0) is 75.7. The molecule has 0 aliphatic carbocycles. The van der Waals surface area contributed by atoms with E-state index in [-0.39, 0.29) is 0 Å². The van der Waals surface area contributed by atoms with E-state index in [2.05, 4.69) is 367 Å². The number of nitrogens with zero attached hydrogens (tertiary/aromatic N) is 8. The molecule has 4 heterocycles. The van der Waals surface area contributed by atoms with Gasteiger partial charge < -0.3 is 27.8 Å². The second-order valence-corrected chi connectivity index (χ2v) is 28.2. The number of hydrogen-bond acceptors (Lipinski definition) is 8. The molecule has 10 nitrogen and oxygen atoms in total. The molecule has 0 unspecified atom stereocenters. The first-order chi connectivity index (χ1) is 56.5. The topological polar surface area (TPSA) is 94.2 Å². The molecule has 114 heavy (non-hydrogen) atoms. The second kappa shape index (κ2) is 29.8. The highest BCUT2D eigenvalue weighted by atomic mass is 16.4. The van der Waals surface area contributed by atoms with Gasteiger partial charge in [0.05, 0.1) is 22.1 Å². The van der Waals surface area contributed by atoms with Crippen LogP contribution >= 0.6 is 0 Å². The lowest BCUT2D eigenvalue weighted by molar-refractivity contribution is 0.584. The van der Waals surface area contributed by atoms with Gasteiger partial charge in [0.15, 0.2) is 0 Å². The minimum Gasteiger partial charge on any atom is -0.416 e. The summed E-state index contributed by atoms with van der Waals surface area (Å²) in [6.45, 7) is 0. The van der Waals surface area contributed by atoms with Gasteiger partial charge in [0.25, 0.3) is 0 Å². The van der Waals surface area contributed by atoms with Gasteiger partial charge in [-0.05, 0) is 237 Å². The van der Waals surface area contributed by atoms with Crippen LogP contribution in [-0.4, -0.2) is 29.5 Å². The maximum atomic E-state index is 6.05. The Hall–Kier alpha value is -15.5. The summed E-state index contributed by atoms with van der Waals surface area (Å²) in [4.78, 5) is 4.52. The van der Waals surface area contributed by atoms with E-state index in [1.54, 1.807) is 0 Å². The van der Waals surface area contributed by atoms with Crippen molar-refractivity contribution in [1.82, 2.24) is 29.5 Å². The normalized spacial score (nSPS) is 11.3. The number of rotatable bonds is 16. The first-order valence-electron chi connectivity index (χ1n) is 38.2. The molecular formula is C104H70N8O2. The molecule has 21 aromatic rings. The summed E-state index contributed by atoms with van der Waals surface area (Å²) in [5.74, 6) is 1.98. The molecule has 0 aliphatic rings. The Balaban J connectivity index is 0.000000148. The molecule has 0 saturated heterocycles. The molecule has 0 aliphatic heterocycles. The molecule has 0 atom stereocenters. The average Bonchev–Trinajstić information content (AvgIpc) is 1.60. The van der Waals surface area contributed by atoms with Crippen molar-refractivity contribution in [3.8, 4) is 102 Å². The molecule has 0 amide bonds. The lowest BCUT2D eigenvalue weighted by Crippen LogP contribution is -2.09. The van der Waals surface area contributed by atoms with Crippen LogP contribution in [0.1, 0.15) is 0 Å². The maximum Gasteiger partial charge on any atom is 0.248 e. The Morgan fingerprint density at radius 3 is 0.868 bits per heavy atom. The number of anilines is 6. The molecule has 0 spiro atoms. The Bertz CT molecular complexity index is 6960. The van der Waals surface area contributed by atoms with E-state index in [1.807, 2.05) is 97.1 Å². The standard InChI is InChI=1S/C54H36N4O.C50H34N4O/c1-3-13-40(14-4-1)53-55-56-54(59-53)41-26-33-45(34-27-41)57(43-16-5-2-6-17-43)44-29-22-37(23-30-44)42-28-35-52-50(36-42)49-19-9-10-21-51(49)58(52)46-31-24-39(25-32-46)48-20-11-15-38-12-7-8-18-47(38)48;1-4-12-35(13-5-1)36-20-29-44(30-21-36)54-47-19-11-10-18-45(47)46-34-40(26-33-48(46)54)37-22-27-42(28-23-37)53(41-16-8-3-9-17-41)43-31-24-39(25-32-43)50-52-51-49(55-50)38-14-6-2-7-15-38/h1-36H;1-34H. The van der Waals surface area contributed by atoms with Crippen molar-refractivity contribution in [3.05, 3.63) is 425 Å². The molecule has 10 heteroatoms. The van der Waals surface area contributed by atoms with Crippen molar-refractivity contribution in [3.63, 3.8) is 0 Å². The highest BCUT2D eigenvalue weighted by Crippen LogP contribution is 2.43. The van der Waals surface area contributed by atoms with Gasteiger partial charge in [0, 0.05) is 89.3 Å². The number of aromatic nitrogens is 6. The summed E-state index contributed by atoms with van der Waals surface area (Å²) in [6, 6.07) is 149. The van der Waals surface area contributed by atoms with Gasteiger partial charge in [0.1, 0.15) is 0 Å². The Morgan fingerprint density at radius 2 is 0.456 bits per heavy atom. The van der Waals surface area contributed by atoms with Crippen molar-refractivity contribution < 1.29 is 8.83 Å². The van der Waals surface area contributed by atoms with Crippen molar-refractivity contribution in [2.45, 2.75) is 0 Å². The molecule has 0 saturated carbocycles.